The molecular formula is C25H25NO2. The molecule has 0 radical (unpaired) electrons. The SMILES string of the molecule is C=Cc1ccccc1N1CCO[C@@H](c2ccc(OCc3ccccc3)cc2)C1. The van der Waals surface area contributed by atoms with E-state index in [2.05, 4.69) is 53.9 Å². The van der Waals surface area contributed by atoms with Crippen LogP contribution in [-0.2, 0) is 11.3 Å². The van der Waals surface area contributed by atoms with E-state index >= 15 is 0 Å². The lowest BCUT2D eigenvalue weighted by Gasteiger charge is -2.35. The van der Waals surface area contributed by atoms with E-state index in [0.29, 0.717) is 13.2 Å². The van der Waals surface area contributed by atoms with Crippen molar-refractivity contribution in [2.24, 2.45) is 0 Å². The number of para-hydroxylation sites is 1. The molecule has 142 valence electrons. The van der Waals surface area contributed by atoms with Crippen molar-refractivity contribution in [3.05, 3.63) is 102 Å². The topological polar surface area (TPSA) is 21.7 Å². The van der Waals surface area contributed by atoms with Crippen LogP contribution >= 0.6 is 0 Å². The van der Waals surface area contributed by atoms with Gasteiger partial charge in [0.2, 0.25) is 0 Å². The van der Waals surface area contributed by atoms with Crippen molar-refractivity contribution in [1.29, 1.82) is 0 Å². The van der Waals surface area contributed by atoms with E-state index in [1.807, 2.05) is 42.5 Å². The van der Waals surface area contributed by atoms with Gasteiger partial charge in [-0.15, -0.1) is 0 Å². The predicted molar refractivity (Wildman–Crippen MR) is 115 cm³/mol. The molecule has 3 nitrogen and oxygen atoms in total. The molecule has 0 spiro atoms. The third-order valence-corrected chi connectivity index (χ3v) is 5.06. The Bertz CT molecular complexity index is 905. The molecule has 0 amide bonds. The first-order chi connectivity index (χ1) is 13.8. The third-order valence-electron chi connectivity index (χ3n) is 5.06. The van der Waals surface area contributed by atoms with Crippen molar-refractivity contribution in [3.8, 4) is 5.75 Å². The molecule has 0 bridgehead atoms. The Morgan fingerprint density at radius 1 is 0.964 bits per heavy atom. The molecule has 1 fully saturated rings. The second-order valence-corrected chi connectivity index (χ2v) is 6.91. The van der Waals surface area contributed by atoms with Crippen molar-refractivity contribution >= 4 is 11.8 Å². The van der Waals surface area contributed by atoms with Crippen molar-refractivity contribution in [2.75, 3.05) is 24.6 Å². The van der Waals surface area contributed by atoms with Gasteiger partial charge in [-0.2, -0.15) is 0 Å². The van der Waals surface area contributed by atoms with Crippen molar-refractivity contribution in [1.82, 2.24) is 0 Å². The minimum absolute atomic E-state index is 0.0507. The highest BCUT2D eigenvalue weighted by Crippen LogP contribution is 2.29. The minimum atomic E-state index is 0.0507. The molecule has 1 heterocycles. The van der Waals surface area contributed by atoms with Crippen LogP contribution in [0.15, 0.2) is 85.4 Å². The molecule has 0 aliphatic carbocycles. The van der Waals surface area contributed by atoms with Crippen LogP contribution in [0.2, 0.25) is 0 Å². The smallest absolute Gasteiger partial charge is 0.119 e. The second kappa shape index (κ2) is 8.77. The fraction of sp³-hybridized carbons (Fsp3) is 0.200. The number of nitrogens with zero attached hydrogens (tertiary/aromatic N) is 1. The third kappa shape index (κ3) is 4.26. The first kappa shape index (κ1) is 18.3. The zero-order valence-corrected chi connectivity index (χ0v) is 16.0. The molecule has 0 N–H and O–H groups in total. The fourth-order valence-corrected chi connectivity index (χ4v) is 3.54. The minimum Gasteiger partial charge on any atom is -0.489 e. The quantitative estimate of drug-likeness (QED) is 0.572. The standard InChI is InChI=1S/C25H25NO2/c1-2-21-10-6-7-11-24(21)26-16-17-27-25(18-26)22-12-14-23(15-13-22)28-19-20-8-4-3-5-9-20/h2-15,25H,1,16-19H2/t25-/m1/s1. The summed E-state index contributed by atoms with van der Waals surface area (Å²) in [5.74, 6) is 0.872. The summed E-state index contributed by atoms with van der Waals surface area (Å²) in [5, 5.41) is 0. The van der Waals surface area contributed by atoms with Gasteiger partial charge < -0.3 is 14.4 Å². The summed E-state index contributed by atoms with van der Waals surface area (Å²) >= 11 is 0. The van der Waals surface area contributed by atoms with Gasteiger partial charge >= 0.3 is 0 Å². The van der Waals surface area contributed by atoms with Crippen LogP contribution in [0, 0.1) is 0 Å². The summed E-state index contributed by atoms with van der Waals surface area (Å²) in [6.07, 6.45) is 1.97. The summed E-state index contributed by atoms with van der Waals surface area (Å²) in [5.41, 5.74) is 4.72. The Kier molecular flexibility index (Phi) is 5.74. The highest BCUT2D eigenvalue weighted by atomic mass is 16.5. The lowest BCUT2D eigenvalue weighted by atomic mass is 10.1. The van der Waals surface area contributed by atoms with E-state index in [0.717, 1.165) is 24.4 Å². The molecule has 28 heavy (non-hydrogen) atoms. The van der Waals surface area contributed by atoms with E-state index in [-0.39, 0.29) is 6.10 Å². The van der Waals surface area contributed by atoms with Crippen LogP contribution in [-0.4, -0.2) is 19.7 Å². The van der Waals surface area contributed by atoms with Gasteiger partial charge in [-0.3, -0.25) is 0 Å². The van der Waals surface area contributed by atoms with Gasteiger partial charge in [-0.1, -0.05) is 73.3 Å². The van der Waals surface area contributed by atoms with Crippen LogP contribution in [0.3, 0.4) is 0 Å². The van der Waals surface area contributed by atoms with E-state index in [1.54, 1.807) is 0 Å². The van der Waals surface area contributed by atoms with E-state index < -0.39 is 0 Å². The maximum absolute atomic E-state index is 6.05. The number of anilines is 1. The molecule has 3 heteroatoms. The van der Waals surface area contributed by atoms with Crippen molar-refractivity contribution in [2.45, 2.75) is 12.7 Å². The average molecular weight is 371 g/mol. The normalized spacial score (nSPS) is 16.6. The molecule has 1 aliphatic heterocycles. The van der Waals surface area contributed by atoms with Crippen LogP contribution in [0.4, 0.5) is 5.69 Å². The van der Waals surface area contributed by atoms with Crippen molar-refractivity contribution in [3.63, 3.8) is 0 Å². The Morgan fingerprint density at radius 2 is 1.71 bits per heavy atom. The number of morpholine rings is 1. The largest absolute Gasteiger partial charge is 0.489 e. The second-order valence-electron chi connectivity index (χ2n) is 6.91. The lowest BCUT2D eigenvalue weighted by Crippen LogP contribution is -2.38. The zero-order chi connectivity index (χ0) is 19.2. The van der Waals surface area contributed by atoms with Gasteiger partial charge in [0.15, 0.2) is 0 Å². The number of ether oxygens (including phenoxy) is 2. The van der Waals surface area contributed by atoms with Gasteiger partial charge in [-0.25, -0.2) is 0 Å². The fourth-order valence-electron chi connectivity index (χ4n) is 3.54. The number of hydrogen-bond acceptors (Lipinski definition) is 3. The highest BCUT2D eigenvalue weighted by molar-refractivity contribution is 5.67. The van der Waals surface area contributed by atoms with E-state index in [1.165, 1.54) is 16.8 Å². The lowest BCUT2D eigenvalue weighted by molar-refractivity contribution is 0.0397. The van der Waals surface area contributed by atoms with Crippen LogP contribution in [0.5, 0.6) is 5.75 Å². The number of hydrogen-bond donors (Lipinski definition) is 0. The van der Waals surface area contributed by atoms with Gasteiger partial charge in [0.25, 0.3) is 0 Å². The Morgan fingerprint density at radius 3 is 2.50 bits per heavy atom. The summed E-state index contributed by atoms with van der Waals surface area (Å²) in [6.45, 7) is 6.94. The molecule has 0 unspecified atom stereocenters. The first-order valence-electron chi connectivity index (χ1n) is 9.68. The maximum atomic E-state index is 6.05. The molecule has 1 saturated heterocycles. The molecule has 0 saturated carbocycles. The number of benzene rings is 3. The first-order valence-corrected chi connectivity index (χ1v) is 9.68. The van der Waals surface area contributed by atoms with E-state index in [9.17, 15) is 0 Å². The van der Waals surface area contributed by atoms with Gasteiger partial charge in [0, 0.05) is 18.8 Å². The molecule has 3 aromatic rings. The van der Waals surface area contributed by atoms with E-state index in [4.69, 9.17) is 9.47 Å². The molecule has 0 aromatic heterocycles. The summed E-state index contributed by atoms with van der Waals surface area (Å²) < 4.78 is 11.9. The zero-order valence-electron chi connectivity index (χ0n) is 16.0. The Hall–Kier alpha value is -3.04. The van der Waals surface area contributed by atoms with Gasteiger partial charge in [0.05, 0.1) is 6.61 Å². The van der Waals surface area contributed by atoms with Gasteiger partial charge in [-0.05, 0) is 34.9 Å². The predicted octanol–water partition coefficient (Wildman–Crippen LogP) is 5.49. The summed E-state index contributed by atoms with van der Waals surface area (Å²) in [7, 11) is 0. The maximum Gasteiger partial charge on any atom is 0.119 e. The Labute approximate surface area is 166 Å². The summed E-state index contributed by atoms with van der Waals surface area (Å²) in [6, 6.07) is 26.8. The van der Waals surface area contributed by atoms with Crippen LogP contribution in [0.1, 0.15) is 22.8 Å². The Balaban J connectivity index is 1.41. The van der Waals surface area contributed by atoms with Crippen molar-refractivity contribution < 1.29 is 9.47 Å². The molecule has 4 rings (SSSR count). The monoisotopic (exact) mass is 371 g/mol. The highest BCUT2D eigenvalue weighted by Gasteiger charge is 2.23. The van der Waals surface area contributed by atoms with Gasteiger partial charge in [0.1, 0.15) is 18.5 Å². The molecule has 3 aromatic carbocycles. The molecule has 1 atom stereocenters. The van der Waals surface area contributed by atoms with Crippen LogP contribution < -0.4 is 9.64 Å². The molecule has 1 aliphatic rings. The average Bonchev–Trinajstić information content (AvgIpc) is 2.79. The molecular weight excluding hydrogens is 346 g/mol. The van der Waals surface area contributed by atoms with Crippen LogP contribution in [0.25, 0.3) is 6.08 Å². The summed E-state index contributed by atoms with van der Waals surface area (Å²) in [4.78, 5) is 2.38. The number of rotatable bonds is 6.